The molecule has 0 saturated heterocycles. The Morgan fingerprint density at radius 3 is 2.61 bits per heavy atom. The van der Waals surface area contributed by atoms with Gasteiger partial charge in [-0.25, -0.2) is 9.97 Å². The zero-order chi connectivity index (χ0) is 13.4. The lowest BCUT2D eigenvalue weighted by molar-refractivity contribution is 0.0946. The summed E-state index contributed by atoms with van der Waals surface area (Å²) in [5.74, 6) is 1.12. The summed E-state index contributed by atoms with van der Waals surface area (Å²) in [6.07, 6.45) is 5.09. The average Bonchev–Trinajstić information content (AvgIpc) is 2.36. The molecule has 0 fully saturated rings. The Hall–Kier alpha value is -1.65. The summed E-state index contributed by atoms with van der Waals surface area (Å²) in [6, 6.07) is 0. The largest absolute Gasteiger partial charge is 0.369 e. The number of carbonyl (C=O) groups excluding carboxylic acids is 1. The van der Waals surface area contributed by atoms with E-state index in [2.05, 4.69) is 41.4 Å². The van der Waals surface area contributed by atoms with Gasteiger partial charge in [0.2, 0.25) is 0 Å². The first-order chi connectivity index (χ1) is 8.63. The van der Waals surface area contributed by atoms with E-state index in [1.165, 1.54) is 6.20 Å². The molecule has 5 nitrogen and oxygen atoms in total. The molecule has 1 aromatic rings. The standard InChI is InChI=1S/C13H22N4O/c1-4-6-14-12-9-16-11(8-17-12)13(18)15-7-5-10(2)3/h8-10H,4-7H2,1-3H3,(H,14,17)(H,15,18). The molecule has 0 unspecified atom stereocenters. The number of anilines is 1. The van der Waals surface area contributed by atoms with E-state index >= 15 is 0 Å². The topological polar surface area (TPSA) is 66.9 Å². The van der Waals surface area contributed by atoms with Crippen LogP contribution in [0, 0.1) is 5.92 Å². The van der Waals surface area contributed by atoms with Gasteiger partial charge in [0.1, 0.15) is 11.5 Å². The van der Waals surface area contributed by atoms with E-state index in [-0.39, 0.29) is 5.91 Å². The van der Waals surface area contributed by atoms with Gasteiger partial charge in [0, 0.05) is 13.1 Å². The fourth-order valence-corrected chi connectivity index (χ4v) is 1.35. The third-order valence-corrected chi connectivity index (χ3v) is 2.45. The molecule has 1 heterocycles. The number of hydrogen-bond acceptors (Lipinski definition) is 4. The summed E-state index contributed by atoms with van der Waals surface area (Å²) < 4.78 is 0. The van der Waals surface area contributed by atoms with Crippen LogP contribution in [0.2, 0.25) is 0 Å². The molecule has 0 radical (unpaired) electrons. The van der Waals surface area contributed by atoms with Gasteiger partial charge in [-0.1, -0.05) is 20.8 Å². The molecule has 0 atom stereocenters. The molecule has 0 aromatic carbocycles. The molecule has 18 heavy (non-hydrogen) atoms. The van der Waals surface area contributed by atoms with Crippen LogP contribution in [-0.2, 0) is 0 Å². The van der Waals surface area contributed by atoms with Crippen LogP contribution in [0.25, 0.3) is 0 Å². The van der Waals surface area contributed by atoms with Crippen LogP contribution in [0.4, 0.5) is 5.82 Å². The van der Waals surface area contributed by atoms with E-state index in [1.54, 1.807) is 6.20 Å². The second kappa shape index (κ2) is 7.63. The molecule has 0 aliphatic rings. The second-order valence-corrected chi connectivity index (χ2v) is 4.65. The maximum atomic E-state index is 11.7. The SMILES string of the molecule is CCCNc1cnc(C(=O)NCCC(C)C)cn1. The summed E-state index contributed by atoms with van der Waals surface area (Å²) in [6.45, 7) is 7.86. The van der Waals surface area contributed by atoms with Crippen molar-refractivity contribution < 1.29 is 4.79 Å². The van der Waals surface area contributed by atoms with Crippen LogP contribution in [0.15, 0.2) is 12.4 Å². The summed E-state index contributed by atoms with van der Waals surface area (Å²) in [7, 11) is 0. The molecule has 1 rings (SSSR count). The van der Waals surface area contributed by atoms with E-state index in [0.717, 1.165) is 19.4 Å². The van der Waals surface area contributed by atoms with Crippen LogP contribution in [0.3, 0.4) is 0 Å². The normalized spacial score (nSPS) is 10.4. The van der Waals surface area contributed by atoms with E-state index in [9.17, 15) is 4.79 Å². The van der Waals surface area contributed by atoms with Gasteiger partial charge in [0.05, 0.1) is 12.4 Å². The highest BCUT2D eigenvalue weighted by Gasteiger charge is 2.07. The first-order valence-electron chi connectivity index (χ1n) is 6.47. The summed E-state index contributed by atoms with van der Waals surface area (Å²) >= 11 is 0. The van der Waals surface area contributed by atoms with Crippen molar-refractivity contribution in [3.63, 3.8) is 0 Å². The molecule has 2 N–H and O–H groups in total. The highest BCUT2D eigenvalue weighted by atomic mass is 16.1. The maximum Gasteiger partial charge on any atom is 0.271 e. The third-order valence-electron chi connectivity index (χ3n) is 2.45. The molecule has 0 aliphatic carbocycles. The van der Waals surface area contributed by atoms with Crippen molar-refractivity contribution in [1.82, 2.24) is 15.3 Å². The Balaban J connectivity index is 2.43. The smallest absolute Gasteiger partial charge is 0.271 e. The fraction of sp³-hybridized carbons (Fsp3) is 0.615. The minimum absolute atomic E-state index is 0.162. The Morgan fingerprint density at radius 2 is 2.06 bits per heavy atom. The number of aromatic nitrogens is 2. The quantitative estimate of drug-likeness (QED) is 0.777. The Labute approximate surface area is 108 Å². The molecule has 100 valence electrons. The van der Waals surface area contributed by atoms with Crippen molar-refractivity contribution in [3.05, 3.63) is 18.1 Å². The van der Waals surface area contributed by atoms with Crippen LogP contribution in [-0.4, -0.2) is 29.0 Å². The van der Waals surface area contributed by atoms with Crippen LogP contribution in [0.1, 0.15) is 44.1 Å². The van der Waals surface area contributed by atoms with E-state index in [1.807, 2.05) is 0 Å². The first kappa shape index (κ1) is 14.4. The van der Waals surface area contributed by atoms with Crippen molar-refractivity contribution in [3.8, 4) is 0 Å². The van der Waals surface area contributed by atoms with Crippen molar-refractivity contribution >= 4 is 11.7 Å². The highest BCUT2D eigenvalue weighted by Crippen LogP contribution is 2.02. The van der Waals surface area contributed by atoms with Crippen LogP contribution < -0.4 is 10.6 Å². The maximum absolute atomic E-state index is 11.7. The lowest BCUT2D eigenvalue weighted by Gasteiger charge is -2.07. The second-order valence-electron chi connectivity index (χ2n) is 4.65. The lowest BCUT2D eigenvalue weighted by Crippen LogP contribution is -2.26. The lowest BCUT2D eigenvalue weighted by atomic mass is 10.1. The zero-order valence-corrected chi connectivity index (χ0v) is 11.4. The third kappa shape index (κ3) is 5.12. The van der Waals surface area contributed by atoms with Gasteiger partial charge < -0.3 is 10.6 Å². The number of nitrogens with zero attached hydrogens (tertiary/aromatic N) is 2. The summed E-state index contributed by atoms with van der Waals surface area (Å²) in [5, 5.41) is 5.94. The average molecular weight is 250 g/mol. The molecule has 1 amide bonds. The molecule has 0 saturated carbocycles. The van der Waals surface area contributed by atoms with E-state index < -0.39 is 0 Å². The molecule has 1 aromatic heterocycles. The Kier molecular flexibility index (Phi) is 6.11. The Bertz CT molecular complexity index is 362. The number of rotatable bonds is 7. The van der Waals surface area contributed by atoms with Gasteiger partial charge in [-0.3, -0.25) is 4.79 Å². The monoisotopic (exact) mass is 250 g/mol. The van der Waals surface area contributed by atoms with Crippen LogP contribution in [0.5, 0.6) is 0 Å². The van der Waals surface area contributed by atoms with Gasteiger partial charge in [-0.05, 0) is 18.8 Å². The van der Waals surface area contributed by atoms with Gasteiger partial charge in [-0.15, -0.1) is 0 Å². The van der Waals surface area contributed by atoms with Crippen molar-refractivity contribution in [2.45, 2.75) is 33.6 Å². The number of amides is 1. The van der Waals surface area contributed by atoms with Crippen molar-refractivity contribution in [2.24, 2.45) is 5.92 Å². The molecule has 5 heteroatoms. The fourth-order valence-electron chi connectivity index (χ4n) is 1.35. The first-order valence-corrected chi connectivity index (χ1v) is 6.47. The zero-order valence-electron chi connectivity index (χ0n) is 11.4. The minimum atomic E-state index is -0.162. The summed E-state index contributed by atoms with van der Waals surface area (Å²) in [5.41, 5.74) is 0.362. The van der Waals surface area contributed by atoms with Crippen LogP contribution >= 0.6 is 0 Å². The number of carbonyl (C=O) groups is 1. The van der Waals surface area contributed by atoms with Gasteiger partial charge in [0.25, 0.3) is 5.91 Å². The van der Waals surface area contributed by atoms with E-state index in [0.29, 0.717) is 24.0 Å². The molecule has 0 aliphatic heterocycles. The minimum Gasteiger partial charge on any atom is -0.369 e. The Morgan fingerprint density at radius 1 is 1.28 bits per heavy atom. The van der Waals surface area contributed by atoms with Crippen molar-refractivity contribution in [1.29, 1.82) is 0 Å². The molecule has 0 bridgehead atoms. The predicted molar refractivity (Wildman–Crippen MR) is 72.6 cm³/mol. The van der Waals surface area contributed by atoms with E-state index in [4.69, 9.17) is 0 Å². The summed E-state index contributed by atoms with van der Waals surface area (Å²) in [4.78, 5) is 20.0. The number of nitrogens with one attached hydrogen (secondary N) is 2. The molecule has 0 spiro atoms. The molecular weight excluding hydrogens is 228 g/mol. The number of hydrogen-bond donors (Lipinski definition) is 2. The van der Waals surface area contributed by atoms with Gasteiger partial charge in [-0.2, -0.15) is 0 Å². The highest BCUT2D eigenvalue weighted by molar-refractivity contribution is 5.91. The van der Waals surface area contributed by atoms with Crippen molar-refractivity contribution in [2.75, 3.05) is 18.4 Å². The predicted octanol–water partition coefficient (Wildman–Crippen LogP) is 2.07. The van der Waals surface area contributed by atoms with Gasteiger partial charge >= 0.3 is 0 Å². The van der Waals surface area contributed by atoms with Gasteiger partial charge in [0.15, 0.2) is 0 Å². The molecular formula is C13H22N4O.